The SMILES string of the molecule is COc1ccc(NC(=O)c2ccc(-c3ccc(-c4nc(C)cs4)cc3C)cc2)cc1OCCN(C)C. The number of benzene rings is 3. The predicted molar refractivity (Wildman–Crippen MR) is 147 cm³/mol. The van der Waals surface area contributed by atoms with Gasteiger partial charge in [0.1, 0.15) is 11.6 Å². The quantitative estimate of drug-likeness (QED) is 0.292. The number of aromatic nitrogens is 1. The third kappa shape index (κ3) is 6.11. The number of carbonyl (C=O) groups excluding carboxylic acids is 1. The first-order valence-corrected chi connectivity index (χ1v) is 12.6. The van der Waals surface area contributed by atoms with Crippen molar-refractivity contribution in [2.24, 2.45) is 0 Å². The number of thiazole rings is 1. The predicted octanol–water partition coefficient (Wildman–Crippen LogP) is 6.30. The molecule has 0 saturated carbocycles. The molecule has 0 bridgehead atoms. The number of anilines is 1. The number of amides is 1. The normalized spacial score (nSPS) is 10.9. The second-order valence-corrected chi connectivity index (χ2v) is 9.73. The second kappa shape index (κ2) is 11.4. The van der Waals surface area contributed by atoms with Crippen molar-refractivity contribution in [3.63, 3.8) is 0 Å². The summed E-state index contributed by atoms with van der Waals surface area (Å²) in [7, 11) is 5.58. The number of ether oxygens (including phenoxy) is 2. The van der Waals surface area contributed by atoms with E-state index in [9.17, 15) is 4.79 Å². The van der Waals surface area contributed by atoms with Gasteiger partial charge in [0.2, 0.25) is 0 Å². The topological polar surface area (TPSA) is 63.7 Å². The van der Waals surface area contributed by atoms with Crippen molar-refractivity contribution >= 4 is 22.9 Å². The van der Waals surface area contributed by atoms with Crippen molar-refractivity contribution in [1.82, 2.24) is 9.88 Å². The van der Waals surface area contributed by atoms with Crippen molar-refractivity contribution in [3.05, 3.63) is 82.9 Å². The molecule has 3 aromatic carbocycles. The lowest BCUT2D eigenvalue weighted by Crippen LogP contribution is -2.19. The molecule has 0 aliphatic heterocycles. The molecule has 36 heavy (non-hydrogen) atoms. The third-order valence-electron chi connectivity index (χ3n) is 5.77. The lowest BCUT2D eigenvalue weighted by atomic mass is 9.97. The standard InChI is InChI=1S/C29H31N3O3S/c1-19-16-23(29-30-20(2)18-36-29)10-12-25(19)21-6-8-22(9-7-21)28(33)31-24-11-13-26(34-5)27(17-24)35-15-14-32(3)4/h6-13,16-18H,14-15H2,1-5H3,(H,31,33). The molecule has 6 nitrogen and oxygen atoms in total. The molecule has 0 spiro atoms. The van der Waals surface area contributed by atoms with E-state index in [1.165, 1.54) is 0 Å². The van der Waals surface area contributed by atoms with E-state index in [4.69, 9.17) is 9.47 Å². The first-order chi connectivity index (χ1) is 17.3. The highest BCUT2D eigenvalue weighted by atomic mass is 32.1. The Morgan fingerprint density at radius 1 is 0.972 bits per heavy atom. The number of aryl methyl sites for hydroxylation is 2. The Bertz CT molecular complexity index is 1350. The van der Waals surface area contributed by atoms with Crippen LogP contribution in [0, 0.1) is 13.8 Å². The summed E-state index contributed by atoms with van der Waals surface area (Å²) in [6.45, 7) is 5.40. The minimum Gasteiger partial charge on any atom is -0.493 e. The molecular weight excluding hydrogens is 470 g/mol. The minimum atomic E-state index is -0.183. The van der Waals surface area contributed by atoms with E-state index in [-0.39, 0.29) is 5.91 Å². The number of hydrogen-bond acceptors (Lipinski definition) is 6. The second-order valence-electron chi connectivity index (χ2n) is 8.87. The molecule has 1 heterocycles. The van der Waals surface area contributed by atoms with E-state index in [1.54, 1.807) is 36.6 Å². The number of methoxy groups -OCH3 is 1. The fourth-order valence-corrected chi connectivity index (χ4v) is 4.61. The lowest BCUT2D eigenvalue weighted by molar-refractivity contribution is 0.102. The Balaban J connectivity index is 1.46. The first kappa shape index (κ1) is 25.4. The van der Waals surface area contributed by atoms with Gasteiger partial charge in [-0.05, 0) is 75.0 Å². The highest BCUT2D eigenvalue weighted by Crippen LogP contribution is 2.32. The highest BCUT2D eigenvalue weighted by Gasteiger charge is 2.12. The molecular formula is C29H31N3O3S. The Hall–Kier alpha value is -3.68. The fraction of sp³-hybridized carbons (Fsp3) is 0.241. The molecule has 1 aromatic heterocycles. The summed E-state index contributed by atoms with van der Waals surface area (Å²) in [6, 6.07) is 19.4. The average molecular weight is 502 g/mol. The fourth-order valence-electron chi connectivity index (χ4n) is 3.82. The highest BCUT2D eigenvalue weighted by molar-refractivity contribution is 7.13. The van der Waals surface area contributed by atoms with E-state index in [2.05, 4.69) is 40.8 Å². The summed E-state index contributed by atoms with van der Waals surface area (Å²) in [5, 5.41) is 6.05. The van der Waals surface area contributed by atoms with E-state index in [0.29, 0.717) is 29.4 Å². The van der Waals surface area contributed by atoms with Crippen molar-refractivity contribution in [2.75, 3.05) is 39.7 Å². The van der Waals surface area contributed by atoms with Gasteiger partial charge >= 0.3 is 0 Å². The van der Waals surface area contributed by atoms with Gasteiger partial charge in [-0.15, -0.1) is 11.3 Å². The van der Waals surface area contributed by atoms with Crippen LogP contribution in [0.1, 0.15) is 21.6 Å². The van der Waals surface area contributed by atoms with E-state index < -0.39 is 0 Å². The third-order valence-corrected chi connectivity index (χ3v) is 6.78. The van der Waals surface area contributed by atoms with Gasteiger partial charge in [-0.2, -0.15) is 0 Å². The zero-order chi connectivity index (χ0) is 25.7. The van der Waals surface area contributed by atoms with Crippen LogP contribution in [0.15, 0.2) is 66.0 Å². The van der Waals surface area contributed by atoms with Crippen LogP contribution in [0.25, 0.3) is 21.7 Å². The summed E-state index contributed by atoms with van der Waals surface area (Å²) in [5.41, 5.74) is 6.74. The summed E-state index contributed by atoms with van der Waals surface area (Å²) in [4.78, 5) is 19.5. The molecule has 0 fully saturated rings. The number of hydrogen-bond donors (Lipinski definition) is 1. The Morgan fingerprint density at radius 3 is 2.36 bits per heavy atom. The van der Waals surface area contributed by atoms with Crippen LogP contribution >= 0.6 is 11.3 Å². The van der Waals surface area contributed by atoms with E-state index in [0.717, 1.165) is 39.5 Å². The zero-order valence-electron chi connectivity index (χ0n) is 21.3. The lowest BCUT2D eigenvalue weighted by Gasteiger charge is -2.15. The molecule has 1 amide bonds. The number of likely N-dealkylation sites (N-methyl/N-ethyl adjacent to an activating group) is 1. The van der Waals surface area contributed by atoms with Gasteiger partial charge in [0.25, 0.3) is 5.91 Å². The van der Waals surface area contributed by atoms with Gasteiger partial charge in [-0.25, -0.2) is 4.98 Å². The maximum absolute atomic E-state index is 12.9. The molecule has 0 unspecified atom stereocenters. The molecule has 4 aromatic rings. The molecule has 1 N–H and O–H groups in total. The molecule has 0 aliphatic carbocycles. The van der Waals surface area contributed by atoms with Crippen LogP contribution in [-0.2, 0) is 0 Å². The Labute approximate surface area is 216 Å². The number of rotatable bonds is 9. The van der Waals surface area contributed by atoms with Crippen LogP contribution in [0.5, 0.6) is 11.5 Å². The van der Waals surface area contributed by atoms with Crippen LogP contribution in [-0.4, -0.2) is 50.1 Å². The van der Waals surface area contributed by atoms with Gasteiger partial charge in [0.15, 0.2) is 11.5 Å². The Morgan fingerprint density at radius 2 is 1.72 bits per heavy atom. The Kier molecular flexibility index (Phi) is 8.03. The van der Waals surface area contributed by atoms with Crippen LogP contribution < -0.4 is 14.8 Å². The summed E-state index contributed by atoms with van der Waals surface area (Å²) in [5.74, 6) is 1.04. The van der Waals surface area contributed by atoms with Crippen molar-refractivity contribution in [3.8, 4) is 33.2 Å². The first-order valence-electron chi connectivity index (χ1n) is 11.7. The van der Waals surface area contributed by atoms with Crippen LogP contribution in [0.4, 0.5) is 5.69 Å². The molecule has 4 rings (SSSR count). The zero-order valence-corrected chi connectivity index (χ0v) is 22.1. The van der Waals surface area contributed by atoms with Gasteiger partial charge in [0, 0.05) is 40.5 Å². The minimum absolute atomic E-state index is 0.183. The van der Waals surface area contributed by atoms with Gasteiger partial charge in [-0.3, -0.25) is 4.79 Å². The summed E-state index contributed by atoms with van der Waals surface area (Å²) < 4.78 is 11.3. The molecule has 186 valence electrons. The average Bonchev–Trinajstić information content (AvgIpc) is 3.30. The van der Waals surface area contributed by atoms with E-state index in [1.807, 2.05) is 50.2 Å². The van der Waals surface area contributed by atoms with Gasteiger partial charge < -0.3 is 19.7 Å². The monoisotopic (exact) mass is 501 g/mol. The summed E-state index contributed by atoms with van der Waals surface area (Å²) >= 11 is 1.65. The van der Waals surface area contributed by atoms with Crippen molar-refractivity contribution in [1.29, 1.82) is 0 Å². The van der Waals surface area contributed by atoms with Crippen molar-refractivity contribution < 1.29 is 14.3 Å². The number of carbonyl (C=O) groups is 1. The molecule has 0 radical (unpaired) electrons. The van der Waals surface area contributed by atoms with Crippen LogP contribution in [0.3, 0.4) is 0 Å². The van der Waals surface area contributed by atoms with Crippen molar-refractivity contribution in [2.45, 2.75) is 13.8 Å². The smallest absolute Gasteiger partial charge is 0.255 e. The van der Waals surface area contributed by atoms with Crippen LogP contribution in [0.2, 0.25) is 0 Å². The summed E-state index contributed by atoms with van der Waals surface area (Å²) in [6.07, 6.45) is 0. The van der Waals surface area contributed by atoms with E-state index >= 15 is 0 Å². The molecule has 7 heteroatoms. The van der Waals surface area contributed by atoms with Gasteiger partial charge in [0.05, 0.1) is 7.11 Å². The number of nitrogens with zero attached hydrogens (tertiary/aromatic N) is 2. The maximum Gasteiger partial charge on any atom is 0.255 e. The molecule has 0 atom stereocenters. The molecule has 0 saturated heterocycles. The largest absolute Gasteiger partial charge is 0.493 e. The molecule has 0 aliphatic rings. The van der Waals surface area contributed by atoms with Gasteiger partial charge in [-0.1, -0.05) is 24.3 Å². The maximum atomic E-state index is 12.9. The number of nitrogens with one attached hydrogen (secondary N) is 1.